The fraction of sp³-hybridized carbons (Fsp3) is 0.381. The number of tetrazole rings is 1. The average molecular weight is 428 g/mol. The van der Waals surface area contributed by atoms with E-state index in [2.05, 4.69) is 22.4 Å². The van der Waals surface area contributed by atoms with Gasteiger partial charge < -0.3 is 20.3 Å². The highest BCUT2D eigenvalue weighted by molar-refractivity contribution is 7.99. The Labute approximate surface area is 179 Å². The van der Waals surface area contributed by atoms with E-state index in [1.54, 1.807) is 16.4 Å². The van der Waals surface area contributed by atoms with Gasteiger partial charge in [0.25, 0.3) is 0 Å². The molecule has 4 atom stereocenters. The second-order valence-corrected chi connectivity index (χ2v) is 8.38. The Hall–Kier alpha value is -2.46. The van der Waals surface area contributed by atoms with E-state index in [0.717, 1.165) is 21.8 Å². The first-order chi connectivity index (χ1) is 14.5. The van der Waals surface area contributed by atoms with E-state index in [0.29, 0.717) is 11.4 Å². The molecule has 3 aromatic rings. The van der Waals surface area contributed by atoms with E-state index >= 15 is 0 Å². The third-order valence-corrected chi connectivity index (χ3v) is 6.36. The van der Waals surface area contributed by atoms with Crippen LogP contribution in [0.5, 0.6) is 0 Å². The molecule has 1 aromatic heterocycles. The number of nitrogens with two attached hydrogens (primary N) is 1. The van der Waals surface area contributed by atoms with Gasteiger partial charge in [0, 0.05) is 30.0 Å². The highest BCUT2D eigenvalue weighted by Gasteiger charge is 2.38. The first kappa shape index (κ1) is 20.8. The van der Waals surface area contributed by atoms with Crippen LogP contribution in [0.25, 0.3) is 0 Å². The first-order valence-electron chi connectivity index (χ1n) is 9.76. The molecule has 0 aliphatic carbocycles. The number of aliphatic hydroxyl groups excluding tert-OH is 1. The summed E-state index contributed by atoms with van der Waals surface area (Å²) >= 11 is 1.56. The Morgan fingerprint density at radius 3 is 2.60 bits per heavy atom. The van der Waals surface area contributed by atoms with Crippen molar-refractivity contribution in [1.82, 2.24) is 20.2 Å². The number of nitrogens with zero attached hydrogens (tertiary/aromatic N) is 4. The maximum absolute atomic E-state index is 9.35. The van der Waals surface area contributed by atoms with E-state index in [4.69, 9.17) is 15.2 Å². The number of thioether (sulfide) groups is 1. The molecule has 3 N–H and O–H groups in total. The topological polar surface area (TPSA) is 108 Å². The Morgan fingerprint density at radius 1 is 1.13 bits per heavy atom. The molecule has 158 valence electrons. The lowest BCUT2D eigenvalue weighted by atomic mass is 9.91. The van der Waals surface area contributed by atoms with Crippen LogP contribution in [0, 0.1) is 5.92 Å². The molecule has 0 radical (unpaired) electrons. The minimum absolute atomic E-state index is 0.0153. The number of rotatable bonds is 6. The summed E-state index contributed by atoms with van der Waals surface area (Å²) in [5.41, 5.74) is 9.45. The predicted molar refractivity (Wildman–Crippen MR) is 113 cm³/mol. The summed E-state index contributed by atoms with van der Waals surface area (Å²) < 4.78 is 14.4. The zero-order chi connectivity index (χ0) is 21.1. The van der Waals surface area contributed by atoms with Gasteiger partial charge in [-0.3, -0.25) is 0 Å². The van der Waals surface area contributed by atoms with Crippen molar-refractivity contribution < 1.29 is 14.6 Å². The van der Waals surface area contributed by atoms with Crippen molar-refractivity contribution in [2.45, 2.75) is 37.2 Å². The molecule has 0 spiro atoms. The predicted octanol–water partition coefficient (Wildman–Crippen LogP) is 2.87. The average Bonchev–Trinajstić information content (AvgIpc) is 3.18. The summed E-state index contributed by atoms with van der Waals surface area (Å²) in [4.78, 5) is 0. The lowest BCUT2D eigenvalue weighted by Crippen LogP contribution is -2.38. The third kappa shape index (κ3) is 4.49. The lowest BCUT2D eigenvalue weighted by Gasteiger charge is -2.41. The van der Waals surface area contributed by atoms with Crippen LogP contribution in [-0.4, -0.2) is 37.2 Å². The van der Waals surface area contributed by atoms with Gasteiger partial charge in [0.1, 0.15) is 0 Å². The van der Waals surface area contributed by atoms with E-state index in [-0.39, 0.29) is 24.7 Å². The molecule has 4 rings (SSSR count). The first-order valence-corrected chi connectivity index (χ1v) is 10.7. The normalized spacial score (nSPS) is 24.1. The number of hydrogen-bond acceptors (Lipinski definition) is 8. The number of aryl methyl sites for hydroxylation is 1. The standard InChI is InChI=1S/C21H25N5O3S/c1-13-18(12-30-21-23-24-25-26(21)2)28-20(16-4-3-5-17(22)10-16)29-19(13)15-8-6-14(11-27)7-9-15/h3-10,13,18-20,27H,11-12,22H2,1-2H3/t13-,18+,19+,20+/m0/s1. The Balaban J connectivity index is 1.60. The molecule has 0 saturated carbocycles. The summed E-state index contributed by atoms with van der Waals surface area (Å²) in [5, 5.41) is 21.7. The van der Waals surface area contributed by atoms with Crippen molar-refractivity contribution >= 4 is 17.4 Å². The number of aromatic nitrogens is 4. The van der Waals surface area contributed by atoms with Crippen LogP contribution in [0.4, 0.5) is 5.69 Å². The monoisotopic (exact) mass is 427 g/mol. The summed E-state index contributed by atoms with van der Waals surface area (Å²) in [7, 11) is 1.82. The quantitative estimate of drug-likeness (QED) is 0.457. The number of aliphatic hydroxyl groups is 1. The van der Waals surface area contributed by atoms with Gasteiger partial charge in [-0.2, -0.15) is 0 Å². The van der Waals surface area contributed by atoms with Crippen LogP contribution < -0.4 is 5.73 Å². The van der Waals surface area contributed by atoms with Crippen molar-refractivity contribution in [3.63, 3.8) is 0 Å². The van der Waals surface area contributed by atoms with Crippen LogP contribution >= 0.6 is 11.8 Å². The van der Waals surface area contributed by atoms with Crippen LogP contribution in [0.1, 0.15) is 36.0 Å². The molecule has 2 aromatic carbocycles. The van der Waals surface area contributed by atoms with Gasteiger partial charge in [-0.1, -0.05) is 55.1 Å². The molecule has 1 fully saturated rings. The maximum Gasteiger partial charge on any atom is 0.209 e. The summed E-state index contributed by atoms with van der Waals surface area (Å²) in [6, 6.07) is 15.4. The van der Waals surface area contributed by atoms with Crippen molar-refractivity contribution in [1.29, 1.82) is 0 Å². The number of hydrogen-bond donors (Lipinski definition) is 2. The smallest absolute Gasteiger partial charge is 0.209 e. The van der Waals surface area contributed by atoms with Gasteiger partial charge in [-0.25, -0.2) is 4.68 Å². The molecule has 9 heteroatoms. The second kappa shape index (κ2) is 9.13. The van der Waals surface area contributed by atoms with Crippen molar-refractivity contribution in [2.24, 2.45) is 13.0 Å². The molecule has 30 heavy (non-hydrogen) atoms. The Kier molecular flexibility index (Phi) is 6.33. The highest BCUT2D eigenvalue weighted by atomic mass is 32.2. The summed E-state index contributed by atoms with van der Waals surface area (Å²) in [5.74, 6) is 0.777. The number of nitrogen functional groups attached to an aromatic ring is 1. The number of benzene rings is 2. The summed E-state index contributed by atoms with van der Waals surface area (Å²) in [6.45, 7) is 2.14. The van der Waals surface area contributed by atoms with Crippen LogP contribution in [0.3, 0.4) is 0 Å². The molecule has 0 amide bonds. The van der Waals surface area contributed by atoms with Gasteiger partial charge in [0.15, 0.2) is 6.29 Å². The lowest BCUT2D eigenvalue weighted by molar-refractivity contribution is -0.268. The van der Waals surface area contributed by atoms with E-state index in [1.165, 1.54) is 0 Å². The Morgan fingerprint density at radius 2 is 1.93 bits per heavy atom. The SMILES string of the molecule is C[C@H]1[C@@H](CSc2nnnn2C)O[C@@H](c2cccc(N)c2)O[C@H]1c1ccc(CO)cc1. The van der Waals surface area contributed by atoms with Crippen LogP contribution in [-0.2, 0) is 23.1 Å². The third-order valence-electron chi connectivity index (χ3n) is 5.26. The molecule has 8 nitrogen and oxygen atoms in total. The zero-order valence-corrected chi connectivity index (χ0v) is 17.7. The van der Waals surface area contributed by atoms with Gasteiger partial charge >= 0.3 is 0 Å². The van der Waals surface area contributed by atoms with Crippen LogP contribution in [0.2, 0.25) is 0 Å². The fourth-order valence-electron chi connectivity index (χ4n) is 3.52. The molecule has 2 heterocycles. The number of ether oxygens (including phenoxy) is 2. The highest BCUT2D eigenvalue weighted by Crippen LogP contribution is 2.43. The minimum Gasteiger partial charge on any atom is -0.399 e. The summed E-state index contributed by atoms with van der Waals surface area (Å²) in [6.07, 6.45) is -0.786. The molecule has 0 unspecified atom stereocenters. The van der Waals surface area contributed by atoms with E-state index in [9.17, 15) is 5.11 Å². The van der Waals surface area contributed by atoms with Gasteiger partial charge in [0.05, 0.1) is 18.8 Å². The molecule has 1 aliphatic heterocycles. The van der Waals surface area contributed by atoms with Gasteiger partial charge in [-0.15, -0.1) is 5.10 Å². The van der Waals surface area contributed by atoms with Crippen molar-refractivity contribution in [3.05, 3.63) is 65.2 Å². The minimum atomic E-state index is -0.532. The largest absolute Gasteiger partial charge is 0.399 e. The molecule has 1 saturated heterocycles. The van der Waals surface area contributed by atoms with Crippen LogP contribution in [0.15, 0.2) is 53.7 Å². The molecular formula is C21H25N5O3S. The van der Waals surface area contributed by atoms with E-state index < -0.39 is 6.29 Å². The Bertz CT molecular complexity index is 981. The molecule has 1 aliphatic rings. The van der Waals surface area contributed by atoms with Gasteiger partial charge in [-0.05, 0) is 33.7 Å². The van der Waals surface area contributed by atoms with Crippen molar-refractivity contribution in [3.8, 4) is 0 Å². The second-order valence-electron chi connectivity index (χ2n) is 7.39. The zero-order valence-electron chi connectivity index (χ0n) is 16.9. The fourth-order valence-corrected chi connectivity index (χ4v) is 4.53. The van der Waals surface area contributed by atoms with Crippen molar-refractivity contribution in [2.75, 3.05) is 11.5 Å². The maximum atomic E-state index is 9.35. The molecule has 0 bridgehead atoms. The van der Waals surface area contributed by atoms with E-state index in [1.807, 2.05) is 55.6 Å². The number of anilines is 1. The molecular weight excluding hydrogens is 402 g/mol. The van der Waals surface area contributed by atoms with Gasteiger partial charge in [0.2, 0.25) is 5.16 Å².